The van der Waals surface area contributed by atoms with Crippen LogP contribution in [0.2, 0.25) is 0 Å². The normalized spacial score (nSPS) is 19.1. The molecule has 2 rings (SSSR count). The van der Waals surface area contributed by atoms with Gasteiger partial charge in [-0.05, 0) is 69.6 Å². The Balaban J connectivity index is 1.63. The summed E-state index contributed by atoms with van der Waals surface area (Å²) >= 11 is 0. The molecule has 1 aromatic rings. The van der Waals surface area contributed by atoms with Crippen LogP contribution in [-0.4, -0.2) is 30.6 Å². The van der Waals surface area contributed by atoms with Gasteiger partial charge in [0.05, 0.1) is 0 Å². The number of benzene rings is 1. The zero-order chi connectivity index (χ0) is 14.2. The Hall–Kier alpha value is -0.860. The van der Waals surface area contributed by atoms with E-state index in [1.165, 1.54) is 57.3 Å². The standard InChI is InChI=1S/C18H30N2/c1-2-18(19)9-6-12-20-13-10-17(11-14-20)15-16-7-4-3-5-8-16/h3-5,7-8,17-18H,2,6,9-15,19H2,1H3. The molecular formula is C18H30N2. The Morgan fingerprint density at radius 1 is 1.20 bits per heavy atom. The van der Waals surface area contributed by atoms with Crippen LogP contribution in [0.15, 0.2) is 30.3 Å². The predicted octanol–water partition coefficient (Wildman–Crippen LogP) is 3.46. The molecule has 2 nitrogen and oxygen atoms in total. The predicted molar refractivity (Wildman–Crippen MR) is 86.8 cm³/mol. The van der Waals surface area contributed by atoms with Gasteiger partial charge in [-0.3, -0.25) is 0 Å². The van der Waals surface area contributed by atoms with E-state index in [1.54, 1.807) is 0 Å². The molecule has 1 aliphatic rings. The summed E-state index contributed by atoms with van der Waals surface area (Å²) in [6.45, 7) is 5.98. The SMILES string of the molecule is CCC(N)CCCN1CCC(Cc2ccccc2)CC1. The summed E-state index contributed by atoms with van der Waals surface area (Å²) in [4.78, 5) is 2.63. The third-order valence-electron chi connectivity index (χ3n) is 4.65. The highest BCUT2D eigenvalue weighted by Gasteiger charge is 2.19. The molecular weight excluding hydrogens is 244 g/mol. The molecule has 2 N–H and O–H groups in total. The summed E-state index contributed by atoms with van der Waals surface area (Å²) < 4.78 is 0. The van der Waals surface area contributed by atoms with Crippen LogP contribution >= 0.6 is 0 Å². The minimum absolute atomic E-state index is 0.408. The molecule has 0 aromatic heterocycles. The van der Waals surface area contributed by atoms with Crippen molar-refractivity contribution in [2.45, 2.75) is 51.5 Å². The number of rotatable bonds is 7. The Kier molecular flexibility index (Phi) is 6.55. The second-order valence-corrected chi connectivity index (χ2v) is 6.29. The number of nitrogens with two attached hydrogens (primary N) is 1. The summed E-state index contributed by atoms with van der Waals surface area (Å²) in [5.41, 5.74) is 7.48. The Bertz CT molecular complexity index is 355. The minimum atomic E-state index is 0.408. The van der Waals surface area contributed by atoms with Gasteiger partial charge in [0.2, 0.25) is 0 Å². The molecule has 0 bridgehead atoms. The lowest BCUT2D eigenvalue weighted by atomic mass is 9.90. The maximum atomic E-state index is 5.98. The lowest BCUT2D eigenvalue weighted by Crippen LogP contribution is -2.35. The average Bonchev–Trinajstić information content (AvgIpc) is 2.50. The molecule has 1 fully saturated rings. The zero-order valence-corrected chi connectivity index (χ0v) is 12.9. The fourth-order valence-electron chi connectivity index (χ4n) is 3.14. The number of hydrogen-bond donors (Lipinski definition) is 1. The highest BCUT2D eigenvalue weighted by Crippen LogP contribution is 2.21. The highest BCUT2D eigenvalue weighted by atomic mass is 15.1. The molecule has 0 radical (unpaired) electrons. The topological polar surface area (TPSA) is 29.3 Å². The van der Waals surface area contributed by atoms with Crippen LogP contribution in [0.1, 0.15) is 44.6 Å². The van der Waals surface area contributed by atoms with Crippen LogP contribution in [0.3, 0.4) is 0 Å². The zero-order valence-electron chi connectivity index (χ0n) is 12.9. The molecule has 112 valence electrons. The van der Waals surface area contributed by atoms with Gasteiger partial charge in [-0.25, -0.2) is 0 Å². The van der Waals surface area contributed by atoms with Gasteiger partial charge in [-0.2, -0.15) is 0 Å². The lowest BCUT2D eigenvalue weighted by molar-refractivity contribution is 0.180. The van der Waals surface area contributed by atoms with Gasteiger partial charge < -0.3 is 10.6 Å². The molecule has 1 heterocycles. The van der Waals surface area contributed by atoms with Gasteiger partial charge in [-0.1, -0.05) is 37.3 Å². The summed E-state index contributed by atoms with van der Waals surface area (Å²) in [6, 6.07) is 11.3. The summed E-state index contributed by atoms with van der Waals surface area (Å²) in [5.74, 6) is 0.881. The third kappa shape index (κ3) is 5.26. The van der Waals surface area contributed by atoms with Crippen LogP contribution in [-0.2, 0) is 6.42 Å². The first-order chi connectivity index (χ1) is 9.78. The number of likely N-dealkylation sites (tertiary alicyclic amines) is 1. The molecule has 1 saturated heterocycles. The number of nitrogens with zero attached hydrogens (tertiary/aromatic N) is 1. The monoisotopic (exact) mass is 274 g/mol. The molecule has 2 heteroatoms. The summed E-state index contributed by atoms with van der Waals surface area (Å²) in [5, 5.41) is 0. The van der Waals surface area contributed by atoms with Gasteiger partial charge in [0, 0.05) is 6.04 Å². The van der Waals surface area contributed by atoms with E-state index >= 15 is 0 Å². The fraction of sp³-hybridized carbons (Fsp3) is 0.667. The van der Waals surface area contributed by atoms with Crippen LogP contribution in [0, 0.1) is 5.92 Å². The van der Waals surface area contributed by atoms with Gasteiger partial charge >= 0.3 is 0 Å². The maximum Gasteiger partial charge on any atom is 0.00366 e. The van der Waals surface area contributed by atoms with Crippen LogP contribution in [0.5, 0.6) is 0 Å². The van der Waals surface area contributed by atoms with Crippen LogP contribution < -0.4 is 5.73 Å². The Labute approximate surface area is 124 Å². The van der Waals surface area contributed by atoms with Crippen molar-refractivity contribution in [3.8, 4) is 0 Å². The van der Waals surface area contributed by atoms with Crippen LogP contribution in [0.25, 0.3) is 0 Å². The second-order valence-electron chi connectivity index (χ2n) is 6.29. The smallest absolute Gasteiger partial charge is 0.00366 e. The molecule has 1 unspecified atom stereocenters. The molecule has 1 aliphatic heterocycles. The molecule has 1 aromatic carbocycles. The van der Waals surface area contributed by atoms with Crippen molar-refractivity contribution in [2.24, 2.45) is 11.7 Å². The third-order valence-corrected chi connectivity index (χ3v) is 4.65. The van der Waals surface area contributed by atoms with Crippen molar-refractivity contribution < 1.29 is 0 Å². The summed E-state index contributed by atoms with van der Waals surface area (Å²) in [6.07, 6.45) is 7.52. The first-order valence-electron chi connectivity index (χ1n) is 8.29. The number of piperidine rings is 1. The van der Waals surface area contributed by atoms with Crippen molar-refractivity contribution >= 4 is 0 Å². The lowest BCUT2D eigenvalue weighted by Gasteiger charge is -2.32. The molecule has 0 saturated carbocycles. The quantitative estimate of drug-likeness (QED) is 0.825. The molecule has 0 amide bonds. The molecule has 0 aliphatic carbocycles. The largest absolute Gasteiger partial charge is 0.328 e. The molecule has 1 atom stereocenters. The van der Waals surface area contributed by atoms with Crippen molar-refractivity contribution in [3.05, 3.63) is 35.9 Å². The van der Waals surface area contributed by atoms with Gasteiger partial charge in [0.15, 0.2) is 0 Å². The average molecular weight is 274 g/mol. The first kappa shape index (κ1) is 15.5. The van der Waals surface area contributed by atoms with Crippen molar-refractivity contribution in [1.82, 2.24) is 4.90 Å². The van der Waals surface area contributed by atoms with Crippen LogP contribution in [0.4, 0.5) is 0 Å². The van der Waals surface area contributed by atoms with Crippen molar-refractivity contribution in [3.63, 3.8) is 0 Å². The van der Waals surface area contributed by atoms with Crippen molar-refractivity contribution in [1.29, 1.82) is 0 Å². The highest BCUT2D eigenvalue weighted by molar-refractivity contribution is 5.15. The van der Waals surface area contributed by atoms with E-state index in [-0.39, 0.29) is 0 Å². The second kappa shape index (κ2) is 8.43. The Morgan fingerprint density at radius 3 is 2.55 bits per heavy atom. The van der Waals surface area contributed by atoms with Gasteiger partial charge in [0.1, 0.15) is 0 Å². The van der Waals surface area contributed by atoms with E-state index in [1.807, 2.05) is 0 Å². The van der Waals surface area contributed by atoms with E-state index in [0.29, 0.717) is 6.04 Å². The first-order valence-corrected chi connectivity index (χ1v) is 8.29. The van der Waals surface area contributed by atoms with Gasteiger partial charge in [0.25, 0.3) is 0 Å². The minimum Gasteiger partial charge on any atom is -0.328 e. The van der Waals surface area contributed by atoms with E-state index in [4.69, 9.17) is 5.73 Å². The summed E-state index contributed by atoms with van der Waals surface area (Å²) in [7, 11) is 0. The van der Waals surface area contributed by atoms with E-state index < -0.39 is 0 Å². The molecule has 20 heavy (non-hydrogen) atoms. The van der Waals surface area contributed by atoms with E-state index in [2.05, 4.69) is 42.2 Å². The van der Waals surface area contributed by atoms with E-state index in [0.717, 1.165) is 12.3 Å². The maximum absolute atomic E-state index is 5.98. The van der Waals surface area contributed by atoms with Gasteiger partial charge in [-0.15, -0.1) is 0 Å². The Morgan fingerprint density at radius 2 is 1.90 bits per heavy atom. The molecule has 0 spiro atoms. The van der Waals surface area contributed by atoms with E-state index in [9.17, 15) is 0 Å². The fourth-order valence-corrected chi connectivity index (χ4v) is 3.14. The number of hydrogen-bond acceptors (Lipinski definition) is 2. The van der Waals surface area contributed by atoms with Crippen molar-refractivity contribution in [2.75, 3.05) is 19.6 Å².